The minimum Gasteiger partial charge on any atom is -0.481 e. The molecule has 64 heavy (non-hydrogen) atoms. The highest BCUT2D eigenvalue weighted by Crippen LogP contribution is 2.14. The normalized spacial score (nSPS) is 13.5. The first-order valence-corrected chi connectivity index (χ1v) is 20.7. The van der Waals surface area contributed by atoms with Crippen molar-refractivity contribution in [1.29, 1.82) is 0 Å². The van der Waals surface area contributed by atoms with Crippen LogP contribution in [0.2, 0.25) is 0 Å². The van der Waals surface area contributed by atoms with Crippen molar-refractivity contribution in [3.8, 4) is 0 Å². The molecule has 8 amide bonds. The van der Waals surface area contributed by atoms with Crippen LogP contribution in [0.4, 0.5) is 10.5 Å². The highest BCUT2D eigenvalue weighted by Gasteiger charge is 2.32. The quantitative estimate of drug-likeness (QED) is 0.0212. The number of nitrogens with two attached hydrogens (primary N) is 1. The molecular formula is C42H61N7O15. The van der Waals surface area contributed by atoms with E-state index in [2.05, 4.69) is 33.2 Å². The van der Waals surface area contributed by atoms with Gasteiger partial charge in [0.1, 0.15) is 24.7 Å². The third-order valence-electron chi connectivity index (χ3n) is 9.04. The predicted molar refractivity (Wildman–Crippen MR) is 228 cm³/mol. The number of rotatable bonds is 33. The monoisotopic (exact) mass is 903 g/mol. The molecule has 1 aromatic carbocycles. The van der Waals surface area contributed by atoms with Crippen LogP contribution in [0, 0.1) is 5.92 Å². The summed E-state index contributed by atoms with van der Waals surface area (Å²) in [5.41, 5.74) is 6.41. The Labute approximate surface area is 371 Å². The zero-order valence-corrected chi connectivity index (χ0v) is 36.5. The zero-order valence-electron chi connectivity index (χ0n) is 36.5. The number of carbonyl (C=O) groups excluding carboxylic acids is 8. The number of esters is 1. The molecule has 22 nitrogen and oxygen atoms in total. The molecule has 0 saturated heterocycles. The molecule has 0 aromatic heterocycles. The molecule has 1 heterocycles. The van der Waals surface area contributed by atoms with Gasteiger partial charge in [-0.3, -0.25) is 38.5 Å². The summed E-state index contributed by atoms with van der Waals surface area (Å²) in [6, 6.07) is 1.95. The lowest BCUT2D eigenvalue weighted by Crippen LogP contribution is -2.58. The summed E-state index contributed by atoms with van der Waals surface area (Å²) in [6.07, 6.45) is 1.78. The lowest BCUT2D eigenvalue weighted by Gasteiger charge is -2.27. The van der Waals surface area contributed by atoms with Gasteiger partial charge in [0, 0.05) is 42.8 Å². The number of hydrogen-bond acceptors (Lipinski definition) is 14. The van der Waals surface area contributed by atoms with E-state index in [0.717, 1.165) is 4.90 Å². The van der Waals surface area contributed by atoms with Crippen LogP contribution >= 0.6 is 0 Å². The van der Waals surface area contributed by atoms with E-state index in [1.165, 1.54) is 19.1 Å². The standard InChI is InChI=1S/C42H61N7O15/c1-27(2)37(40(57)47-31(6-5-16-44-42(43)59)38(55)45-30-9-7-29(8-10-30)26-64-41(58)28(3)4)48-39(56)32(11-14-36(53)54)46-33(50)15-18-60-20-22-62-24-25-63-23-21-61-19-17-49-34(51)12-13-35(49)52/h7-10,12-13,27,31-32,37H,3,5-6,11,14-26H2,1-2,4H3,(H,45,55)(H,46,50)(H,47,57)(H,48,56)(H,53,54)(H3,43,44,59)/t31-,32-,37-/m0/s1. The molecule has 0 fully saturated rings. The topological polar surface area (TPSA) is 309 Å². The molecular weight excluding hydrogens is 842 g/mol. The molecule has 1 aliphatic heterocycles. The van der Waals surface area contributed by atoms with Crippen LogP contribution in [0.1, 0.15) is 58.4 Å². The van der Waals surface area contributed by atoms with Crippen molar-refractivity contribution in [1.82, 2.24) is 26.2 Å². The van der Waals surface area contributed by atoms with E-state index in [9.17, 15) is 48.3 Å². The molecule has 0 aliphatic carbocycles. The molecule has 8 N–H and O–H groups in total. The maximum absolute atomic E-state index is 13.7. The molecule has 2 rings (SSSR count). The number of amides is 8. The number of carboxylic acids is 1. The molecule has 1 aliphatic rings. The van der Waals surface area contributed by atoms with Crippen LogP contribution < -0.4 is 32.3 Å². The number of nitrogens with one attached hydrogen (secondary N) is 5. The minimum atomic E-state index is -1.33. The van der Waals surface area contributed by atoms with Gasteiger partial charge in [-0.15, -0.1) is 0 Å². The molecule has 22 heteroatoms. The highest BCUT2D eigenvalue weighted by molar-refractivity contribution is 6.12. The third-order valence-corrected chi connectivity index (χ3v) is 9.04. The van der Waals surface area contributed by atoms with Crippen molar-refractivity contribution in [2.75, 3.05) is 71.3 Å². The zero-order chi connectivity index (χ0) is 47.4. The number of aliphatic carboxylic acids is 1. The molecule has 354 valence electrons. The van der Waals surface area contributed by atoms with Crippen molar-refractivity contribution >= 4 is 59.1 Å². The van der Waals surface area contributed by atoms with Gasteiger partial charge in [-0.05, 0) is 49.8 Å². The molecule has 3 atom stereocenters. The predicted octanol–water partition coefficient (Wildman–Crippen LogP) is 0.0496. The fourth-order valence-electron chi connectivity index (χ4n) is 5.56. The van der Waals surface area contributed by atoms with Gasteiger partial charge in [-0.1, -0.05) is 32.6 Å². The van der Waals surface area contributed by atoms with Gasteiger partial charge in [0.05, 0.1) is 59.4 Å². The van der Waals surface area contributed by atoms with E-state index in [4.69, 9.17) is 29.4 Å². The number of primary amides is 1. The van der Waals surface area contributed by atoms with Crippen LogP contribution in [0.5, 0.6) is 0 Å². The molecule has 1 aromatic rings. The summed E-state index contributed by atoms with van der Waals surface area (Å²) < 4.78 is 26.8. The molecule has 0 radical (unpaired) electrons. The smallest absolute Gasteiger partial charge is 0.333 e. The van der Waals surface area contributed by atoms with Crippen molar-refractivity contribution < 1.29 is 71.9 Å². The van der Waals surface area contributed by atoms with Crippen molar-refractivity contribution in [3.63, 3.8) is 0 Å². The first kappa shape index (κ1) is 53.9. The van der Waals surface area contributed by atoms with Gasteiger partial charge in [0.2, 0.25) is 23.6 Å². The highest BCUT2D eigenvalue weighted by atomic mass is 16.6. The van der Waals surface area contributed by atoms with Crippen LogP contribution in [0.25, 0.3) is 0 Å². The van der Waals surface area contributed by atoms with E-state index in [1.54, 1.807) is 38.1 Å². The molecule has 0 spiro atoms. The Hall–Kier alpha value is -6.23. The second-order valence-corrected chi connectivity index (χ2v) is 14.7. The number of carboxylic acid groups (broad SMARTS) is 1. The van der Waals surface area contributed by atoms with Crippen LogP contribution in [-0.4, -0.2) is 147 Å². The van der Waals surface area contributed by atoms with Gasteiger partial charge in [-0.25, -0.2) is 9.59 Å². The Morgan fingerprint density at radius 2 is 1.30 bits per heavy atom. The first-order valence-electron chi connectivity index (χ1n) is 20.7. The first-order chi connectivity index (χ1) is 30.5. The maximum Gasteiger partial charge on any atom is 0.333 e. The number of carbonyl (C=O) groups is 9. The number of anilines is 1. The summed E-state index contributed by atoms with van der Waals surface area (Å²) in [7, 11) is 0. The summed E-state index contributed by atoms with van der Waals surface area (Å²) in [4.78, 5) is 112. The Morgan fingerprint density at radius 3 is 1.84 bits per heavy atom. The number of hydrogen-bond donors (Lipinski definition) is 7. The Balaban J connectivity index is 1.85. The summed E-state index contributed by atoms with van der Waals surface area (Å²) in [6.45, 7) is 10.2. The van der Waals surface area contributed by atoms with Crippen molar-refractivity contribution in [2.45, 2.75) is 77.6 Å². The SMILES string of the molecule is C=C(C)C(=O)OCc1ccc(NC(=O)[C@H](CCCNC(N)=O)NC(=O)[C@@H](NC(=O)[C@H](CCC(=O)O)NC(=O)CCOCCOCCOCCOCCN2C(=O)C=CC2=O)C(C)C)cc1. The Morgan fingerprint density at radius 1 is 0.734 bits per heavy atom. The number of imide groups is 1. The summed E-state index contributed by atoms with van der Waals surface area (Å²) in [5, 5.41) is 22.2. The van der Waals surface area contributed by atoms with Crippen LogP contribution in [0.3, 0.4) is 0 Å². The van der Waals surface area contributed by atoms with Crippen LogP contribution in [-0.2, 0) is 68.6 Å². The second kappa shape index (κ2) is 30.0. The van der Waals surface area contributed by atoms with E-state index >= 15 is 0 Å². The average molecular weight is 904 g/mol. The van der Waals surface area contributed by atoms with Gasteiger partial charge in [0.25, 0.3) is 11.8 Å². The van der Waals surface area contributed by atoms with Gasteiger partial charge < -0.3 is 61.1 Å². The van der Waals surface area contributed by atoms with E-state index in [1.807, 2.05) is 0 Å². The second-order valence-electron chi connectivity index (χ2n) is 14.7. The van der Waals surface area contributed by atoms with Gasteiger partial charge >= 0.3 is 18.0 Å². The van der Waals surface area contributed by atoms with Crippen LogP contribution in [0.15, 0.2) is 48.6 Å². The number of benzene rings is 1. The number of ether oxygens (including phenoxy) is 5. The van der Waals surface area contributed by atoms with E-state index < -0.39 is 72.1 Å². The lowest BCUT2D eigenvalue weighted by molar-refractivity contribution is -0.140. The summed E-state index contributed by atoms with van der Waals surface area (Å²) in [5.74, 6) is -5.81. The molecule has 0 unspecified atom stereocenters. The Bertz CT molecular complexity index is 1770. The third kappa shape index (κ3) is 22.2. The molecule has 0 saturated carbocycles. The van der Waals surface area contributed by atoms with Crippen molar-refractivity contribution in [3.05, 3.63) is 54.1 Å². The fraction of sp³-hybridized carbons (Fsp3) is 0.548. The van der Waals surface area contributed by atoms with Gasteiger partial charge in [0.15, 0.2) is 0 Å². The van der Waals surface area contributed by atoms with E-state index in [0.29, 0.717) is 11.3 Å². The Kier molecular flexibility index (Phi) is 25.2. The molecule has 0 bridgehead atoms. The number of nitrogens with zero attached hydrogens (tertiary/aromatic N) is 1. The number of urea groups is 1. The maximum atomic E-state index is 13.7. The van der Waals surface area contributed by atoms with Crippen molar-refractivity contribution in [2.24, 2.45) is 11.7 Å². The largest absolute Gasteiger partial charge is 0.481 e. The lowest BCUT2D eigenvalue weighted by atomic mass is 10.0. The summed E-state index contributed by atoms with van der Waals surface area (Å²) >= 11 is 0. The van der Waals surface area contributed by atoms with Gasteiger partial charge in [-0.2, -0.15) is 0 Å². The average Bonchev–Trinajstić information content (AvgIpc) is 3.56. The fourth-order valence-corrected chi connectivity index (χ4v) is 5.56. The van der Waals surface area contributed by atoms with E-state index in [-0.39, 0.29) is 116 Å². The minimum absolute atomic E-state index is 0.0187.